The molecule has 0 spiro atoms. The fourth-order valence-electron chi connectivity index (χ4n) is 0.368. The van der Waals surface area contributed by atoms with E-state index in [-0.39, 0.29) is 6.61 Å². The summed E-state index contributed by atoms with van der Waals surface area (Å²) in [6.07, 6.45) is 0.282. The van der Waals surface area contributed by atoms with Crippen LogP contribution in [-0.4, -0.2) is 27.5 Å². The van der Waals surface area contributed by atoms with Gasteiger partial charge in [0.15, 0.2) is 0 Å². The van der Waals surface area contributed by atoms with Gasteiger partial charge in [0.1, 0.15) is 6.61 Å². The van der Waals surface area contributed by atoms with Crippen molar-refractivity contribution in [3.05, 3.63) is 12.7 Å². The quantitative estimate of drug-likeness (QED) is 0.438. The van der Waals surface area contributed by atoms with Crippen molar-refractivity contribution in [2.24, 2.45) is 0 Å². The highest BCUT2D eigenvalue weighted by atomic mass is 32.2. The lowest BCUT2D eigenvalue weighted by atomic mass is 10.7. The van der Waals surface area contributed by atoms with Crippen LogP contribution in [0.3, 0.4) is 0 Å². The highest BCUT2D eigenvalue weighted by Crippen LogP contribution is 1.78. The molecule has 3 amide bonds. The Balaban J connectivity index is 3.71. The molecular formula is C5H8N2O5S. The van der Waals surface area contributed by atoms with Gasteiger partial charge < -0.3 is 4.74 Å². The molecule has 0 radical (unpaired) electrons. The van der Waals surface area contributed by atoms with Gasteiger partial charge in [-0.1, -0.05) is 12.7 Å². The molecule has 0 aromatic heterocycles. The normalized spacial score (nSPS) is 11.2. The van der Waals surface area contributed by atoms with E-state index in [1.165, 1.54) is 10.8 Å². The first-order valence-electron chi connectivity index (χ1n) is 3.02. The van der Waals surface area contributed by atoms with E-state index < -0.39 is 23.4 Å². The zero-order valence-electron chi connectivity index (χ0n) is 6.48. The van der Waals surface area contributed by atoms with Crippen molar-refractivity contribution < 1.29 is 23.1 Å². The molecule has 74 valence electrons. The van der Waals surface area contributed by atoms with E-state index in [9.17, 15) is 13.8 Å². The van der Waals surface area contributed by atoms with Gasteiger partial charge in [-0.25, -0.2) is 23.8 Å². The fourth-order valence-corrected chi connectivity index (χ4v) is 0.578. The number of hydrogen-bond donors (Lipinski definition) is 3. The molecule has 1 atom stereocenters. The molecule has 0 aliphatic carbocycles. The molecule has 0 bridgehead atoms. The molecule has 1 unspecified atom stereocenters. The second-order valence-electron chi connectivity index (χ2n) is 1.69. The SMILES string of the molecule is C=CCOC(=O)NC(=O)NS(=O)O. The van der Waals surface area contributed by atoms with Gasteiger partial charge in [0.2, 0.25) is 0 Å². The van der Waals surface area contributed by atoms with Crippen LogP contribution < -0.4 is 10.0 Å². The summed E-state index contributed by atoms with van der Waals surface area (Å²) in [5.41, 5.74) is 0. The smallest absolute Gasteiger partial charge is 0.415 e. The van der Waals surface area contributed by atoms with Crippen molar-refractivity contribution in [2.75, 3.05) is 6.61 Å². The molecule has 13 heavy (non-hydrogen) atoms. The summed E-state index contributed by atoms with van der Waals surface area (Å²) in [6.45, 7) is 3.21. The maximum Gasteiger partial charge on any atom is 0.415 e. The lowest BCUT2D eigenvalue weighted by molar-refractivity contribution is 0.159. The number of carbonyl (C=O) groups is 2. The maximum absolute atomic E-state index is 10.6. The van der Waals surface area contributed by atoms with Crippen LogP contribution in [0.4, 0.5) is 9.59 Å². The van der Waals surface area contributed by atoms with Crippen LogP contribution in [0.25, 0.3) is 0 Å². The van der Waals surface area contributed by atoms with Gasteiger partial charge in [0.25, 0.3) is 11.3 Å². The van der Waals surface area contributed by atoms with Gasteiger partial charge in [-0.2, -0.15) is 0 Å². The molecule has 0 fully saturated rings. The summed E-state index contributed by atoms with van der Waals surface area (Å²) in [5, 5.41) is 1.63. The van der Waals surface area contributed by atoms with Crippen molar-refractivity contribution in [3.63, 3.8) is 0 Å². The minimum absolute atomic E-state index is 0.0542. The van der Waals surface area contributed by atoms with Crippen molar-refractivity contribution in [3.8, 4) is 0 Å². The van der Waals surface area contributed by atoms with Crippen molar-refractivity contribution in [1.29, 1.82) is 0 Å². The Kier molecular flexibility index (Phi) is 5.48. The first-order chi connectivity index (χ1) is 6.06. The molecule has 0 aromatic carbocycles. The summed E-state index contributed by atoms with van der Waals surface area (Å²) >= 11 is -2.51. The Hall–Kier alpha value is -1.41. The molecule has 0 heterocycles. The van der Waals surface area contributed by atoms with Crippen molar-refractivity contribution in [1.82, 2.24) is 10.0 Å². The van der Waals surface area contributed by atoms with Gasteiger partial charge in [-0.05, 0) is 0 Å². The number of amides is 3. The van der Waals surface area contributed by atoms with E-state index in [1.54, 1.807) is 5.32 Å². The van der Waals surface area contributed by atoms with Crippen LogP contribution in [0, 0.1) is 0 Å². The Bertz CT molecular complexity index is 241. The predicted octanol–water partition coefficient (Wildman–Crippen LogP) is -0.255. The van der Waals surface area contributed by atoms with Crippen LogP contribution in [0.2, 0.25) is 0 Å². The van der Waals surface area contributed by atoms with Gasteiger partial charge in [-0.15, -0.1) is 0 Å². The number of rotatable bonds is 3. The number of carbonyl (C=O) groups excluding carboxylic acids is 2. The molecule has 0 saturated heterocycles. The second kappa shape index (κ2) is 6.14. The summed E-state index contributed by atoms with van der Waals surface area (Å²) < 4.78 is 24.0. The van der Waals surface area contributed by atoms with E-state index >= 15 is 0 Å². The number of nitrogens with one attached hydrogen (secondary N) is 2. The molecular weight excluding hydrogens is 200 g/mol. The highest BCUT2D eigenvalue weighted by Gasteiger charge is 2.08. The standard InChI is InChI=1S/C5H8N2O5S/c1-2-3-12-5(9)6-4(8)7-13(10)11/h2H,1,3H2,(H,10,11)(H2,6,7,8,9). The van der Waals surface area contributed by atoms with E-state index in [0.717, 1.165) is 0 Å². The minimum atomic E-state index is -2.51. The number of hydrogen-bond acceptors (Lipinski definition) is 4. The molecule has 8 heteroatoms. The van der Waals surface area contributed by atoms with E-state index in [4.69, 9.17) is 4.55 Å². The Morgan fingerprint density at radius 1 is 1.62 bits per heavy atom. The highest BCUT2D eigenvalue weighted by molar-refractivity contribution is 7.77. The average molecular weight is 208 g/mol. The van der Waals surface area contributed by atoms with Crippen LogP contribution in [-0.2, 0) is 16.0 Å². The second-order valence-corrected chi connectivity index (χ2v) is 2.39. The van der Waals surface area contributed by atoms with E-state index in [2.05, 4.69) is 11.3 Å². The predicted molar refractivity (Wildman–Crippen MR) is 44.0 cm³/mol. The molecule has 0 rings (SSSR count). The van der Waals surface area contributed by atoms with Gasteiger partial charge in [-0.3, -0.25) is 4.55 Å². The number of ether oxygens (including phenoxy) is 1. The first-order valence-corrected chi connectivity index (χ1v) is 4.13. The molecule has 0 aliphatic heterocycles. The lowest BCUT2D eigenvalue weighted by Gasteiger charge is -2.02. The van der Waals surface area contributed by atoms with Crippen LogP contribution in [0.5, 0.6) is 0 Å². The molecule has 3 N–H and O–H groups in total. The zero-order valence-corrected chi connectivity index (χ0v) is 7.30. The minimum Gasteiger partial charge on any atom is -0.445 e. The van der Waals surface area contributed by atoms with Crippen LogP contribution in [0.15, 0.2) is 12.7 Å². The van der Waals surface area contributed by atoms with Gasteiger partial charge >= 0.3 is 12.1 Å². The molecule has 0 aliphatic rings. The van der Waals surface area contributed by atoms with Crippen LogP contribution in [0.1, 0.15) is 0 Å². The third-order valence-corrected chi connectivity index (χ3v) is 1.09. The Morgan fingerprint density at radius 2 is 2.23 bits per heavy atom. The molecule has 0 saturated carbocycles. The topological polar surface area (TPSA) is 105 Å². The lowest BCUT2D eigenvalue weighted by Crippen LogP contribution is -2.40. The fraction of sp³-hybridized carbons (Fsp3) is 0.200. The number of imide groups is 1. The largest absolute Gasteiger partial charge is 0.445 e. The van der Waals surface area contributed by atoms with Crippen molar-refractivity contribution >= 4 is 23.4 Å². The van der Waals surface area contributed by atoms with E-state index in [0.29, 0.717) is 0 Å². The Morgan fingerprint density at radius 3 is 2.69 bits per heavy atom. The third kappa shape index (κ3) is 6.97. The van der Waals surface area contributed by atoms with E-state index in [1.807, 2.05) is 0 Å². The summed E-state index contributed by atoms with van der Waals surface area (Å²) in [7, 11) is 0. The third-order valence-electron chi connectivity index (χ3n) is 0.728. The van der Waals surface area contributed by atoms with Crippen molar-refractivity contribution in [2.45, 2.75) is 0 Å². The van der Waals surface area contributed by atoms with Gasteiger partial charge in [0.05, 0.1) is 0 Å². The van der Waals surface area contributed by atoms with Gasteiger partial charge in [0, 0.05) is 0 Å². The first kappa shape index (κ1) is 11.6. The average Bonchev–Trinajstić information content (AvgIpc) is 1.98. The Labute approximate surface area is 76.6 Å². The molecule has 0 aromatic rings. The monoisotopic (exact) mass is 208 g/mol. The number of alkyl carbamates (subject to hydrolysis) is 1. The summed E-state index contributed by atoms with van der Waals surface area (Å²) in [6, 6.07) is -1.12. The zero-order chi connectivity index (χ0) is 10.3. The maximum atomic E-state index is 10.6. The number of urea groups is 1. The van der Waals surface area contributed by atoms with Crippen LogP contribution >= 0.6 is 0 Å². The molecule has 7 nitrogen and oxygen atoms in total. The summed E-state index contributed by atoms with van der Waals surface area (Å²) in [4.78, 5) is 21.1. The summed E-state index contributed by atoms with van der Waals surface area (Å²) in [5.74, 6) is 0.